The summed E-state index contributed by atoms with van der Waals surface area (Å²) in [5.41, 5.74) is 7.37. The zero-order valence-corrected chi connectivity index (χ0v) is 11.4. The zero-order chi connectivity index (χ0) is 13.7. The van der Waals surface area contributed by atoms with Crippen LogP contribution in [0.5, 0.6) is 0 Å². The molecule has 0 aliphatic carbocycles. The van der Waals surface area contributed by atoms with Crippen LogP contribution in [0.15, 0.2) is 11.2 Å². The van der Waals surface area contributed by atoms with Crippen LogP contribution in [0.3, 0.4) is 0 Å². The molecule has 18 heavy (non-hydrogen) atoms. The van der Waals surface area contributed by atoms with Crippen LogP contribution in [0.2, 0.25) is 0 Å². The molecule has 1 rings (SSSR count). The van der Waals surface area contributed by atoms with Gasteiger partial charge in [-0.15, -0.1) is 0 Å². The van der Waals surface area contributed by atoms with E-state index in [0.717, 1.165) is 11.4 Å². The van der Waals surface area contributed by atoms with Crippen LogP contribution in [0.25, 0.3) is 0 Å². The van der Waals surface area contributed by atoms with Gasteiger partial charge in [-0.2, -0.15) is 0 Å². The van der Waals surface area contributed by atoms with E-state index in [1.807, 2.05) is 24.8 Å². The number of oxime groups is 1. The molecule has 1 aromatic rings. The number of nitrogens with zero attached hydrogens (tertiary/aromatic N) is 4. The first-order valence-electron chi connectivity index (χ1n) is 5.99. The summed E-state index contributed by atoms with van der Waals surface area (Å²) >= 11 is 0. The maximum absolute atomic E-state index is 8.56. The van der Waals surface area contributed by atoms with Crippen LogP contribution >= 0.6 is 0 Å². The summed E-state index contributed by atoms with van der Waals surface area (Å²) in [6.45, 7) is 8.64. The van der Waals surface area contributed by atoms with Crippen LogP contribution in [0.4, 0.5) is 5.95 Å². The second-order valence-corrected chi connectivity index (χ2v) is 4.58. The molecule has 6 heteroatoms. The lowest BCUT2D eigenvalue weighted by molar-refractivity contribution is 0.317. The van der Waals surface area contributed by atoms with E-state index in [0.29, 0.717) is 18.9 Å². The smallest absolute Gasteiger partial charge is 0.226 e. The number of anilines is 1. The highest BCUT2D eigenvalue weighted by Crippen LogP contribution is 2.13. The Labute approximate surface area is 108 Å². The predicted molar refractivity (Wildman–Crippen MR) is 72.0 cm³/mol. The molecule has 100 valence electrons. The van der Waals surface area contributed by atoms with Crippen molar-refractivity contribution in [3.8, 4) is 0 Å². The first kappa shape index (κ1) is 14.2. The molecule has 0 spiro atoms. The van der Waals surface area contributed by atoms with E-state index < -0.39 is 0 Å². The van der Waals surface area contributed by atoms with Crippen LogP contribution in [-0.4, -0.2) is 33.6 Å². The number of nitrogens with two attached hydrogens (primary N) is 1. The lowest BCUT2D eigenvalue weighted by Gasteiger charge is -2.26. The number of aromatic nitrogens is 2. The standard InChI is InChI=1S/C12H21N5O/c1-8(2)17(6-5-11(13)16-18)12-14-9(3)7-10(4)15-12/h7-8,18H,5-6H2,1-4H3,(H2,13,16). The molecule has 1 aromatic heterocycles. The maximum atomic E-state index is 8.56. The SMILES string of the molecule is Cc1cc(C)nc(N(CCC(N)=NO)C(C)C)n1. The van der Waals surface area contributed by atoms with Crippen LogP contribution in [0, 0.1) is 13.8 Å². The molecule has 0 amide bonds. The fraction of sp³-hybridized carbons (Fsp3) is 0.583. The van der Waals surface area contributed by atoms with Crippen LogP contribution in [0.1, 0.15) is 31.7 Å². The highest BCUT2D eigenvalue weighted by atomic mass is 16.4. The first-order chi connectivity index (χ1) is 8.43. The van der Waals surface area contributed by atoms with Gasteiger partial charge in [0.15, 0.2) is 0 Å². The van der Waals surface area contributed by atoms with E-state index in [1.165, 1.54) is 0 Å². The number of aryl methyl sites for hydroxylation is 2. The summed E-state index contributed by atoms with van der Waals surface area (Å²) in [5, 5.41) is 11.5. The number of rotatable bonds is 5. The van der Waals surface area contributed by atoms with Crippen LogP contribution < -0.4 is 10.6 Å². The molecule has 0 bridgehead atoms. The summed E-state index contributed by atoms with van der Waals surface area (Å²) in [4.78, 5) is 10.9. The third-order valence-corrected chi connectivity index (χ3v) is 2.59. The topological polar surface area (TPSA) is 87.6 Å². The summed E-state index contributed by atoms with van der Waals surface area (Å²) in [6.07, 6.45) is 0.477. The van der Waals surface area contributed by atoms with E-state index in [4.69, 9.17) is 10.9 Å². The molecular formula is C12H21N5O. The molecule has 0 unspecified atom stereocenters. The average molecular weight is 251 g/mol. The van der Waals surface area contributed by atoms with Gasteiger partial charge in [-0.05, 0) is 33.8 Å². The fourth-order valence-corrected chi connectivity index (χ4v) is 1.71. The molecule has 0 saturated heterocycles. The Balaban J connectivity index is 2.90. The predicted octanol–water partition coefficient (Wildman–Crippen LogP) is 1.44. The van der Waals surface area contributed by atoms with Gasteiger partial charge in [-0.25, -0.2) is 9.97 Å². The van der Waals surface area contributed by atoms with E-state index in [-0.39, 0.29) is 11.9 Å². The van der Waals surface area contributed by atoms with Crippen LogP contribution in [-0.2, 0) is 0 Å². The van der Waals surface area contributed by atoms with Crippen molar-refractivity contribution in [2.75, 3.05) is 11.4 Å². The molecule has 0 fully saturated rings. The molecule has 6 nitrogen and oxygen atoms in total. The minimum Gasteiger partial charge on any atom is -0.409 e. The number of hydrogen-bond acceptors (Lipinski definition) is 5. The first-order valence-corrected chi connectivity index (χ1v) is 5.99. The molecule has 1 heterocycles. The lowest BCUT2D eigenvalue weighted by Crippen LogP contribution is -2.35. The van der Waals surface area contributed by atoms with E-state index >= 15 is 0 Å². The Hall–Kier alpha value is -1.85. The van der Waals surface area contributed by atoms with E-state index in [2.05, 4.69) is 29.0 Å². The maximum Gasteiger partial charge on any atom is 0.226 e. The number of amidine groups is 1. The summed E-state index contributed by atoms with van der Waals surface area (Å²) < 4.78 is 0. The molecule has 3 N–H and O–H groups in total. The molecule has 0 aliphatic heterocycles. The van der Waals surface area contributed by atoms with Gasteiger partial charge in [0.25, 0.3) is 0 Å². The van der Waals surface area contributed by atoms with Gasteiger partial charge in [-0.1, -0.05) is 5.16 Å². The van der Waals surface area contributed by atoms with Crippen molar-refractivity contribution in [2.45, 2.75) is 40.2 Å². The molecule has 0 atom stereocenters. The monoisotopic (exact) mass is 251 g/mol. The largest absolute Gasteiger partial charge is 0.409 e. The Bertz CT molecular complexity index is 410. The van der Waals surface area contributed by atoms with Crippen molar-refractivity contribution in [3.05, 3.63) is 17.5 Å². The second kappa shape index (κ2) is 6.18. The molecular weight excluding hydrogens is 230 g/mol. The van der Waals surface area contributed by atoms with E-state index in [1.54, 1.807) is 0 Å². The summed E-state index contributed by atoms with van der Waals surface area (Å²) in [7, 11) is 0. The lowest BCUT2D eigenvalue weighted by atomic mass is 10.3. The normalized spacial score (nSPS) is 11.9. The van der Waals surface area contributed by atoms with Crippen molar-refractivity contribution in [2.24, 2.45) is 10.9 Å². The summed E-state index contributed by atoms with van der Waals surface area (Å²) in [5.74, 6) is 0.901. The Kier molecular flexibility index (Phi) is 4.88. The zero-order valence-electron chi connectivity index (χ0n) is 11.4. The average Bonchev–Trinajstić information content (AvgIpc) is 2.27. The van der Waals surface area contributed by atoms with Crippen molar-refractivity contribution in [1.29, 1.82) is 0 Å². The quantitative estimate of drug-likeness (QED) is 0.358. The van der Waals surface area contributed by atoms with Gasteiger partial charge in [0.2, 0.25) is 5.95 Å². The Morgan fingerprint density at radius 1 is 1.39 bits per heavy atom. The van der Waals surface area contributed by atoms with Gasteiger partial charge < -0.3 is 15.8 Å². The Morgan fingerprint density at radius 3 is 2.39 bits per heavy atom. The molecule has 0 aromatic carbocycles. The molecule has 0 saturated carbocycles. The highest BCUT2D eigenvalue weighted by Gasteiger charge is 2.14. The van der Waals surface area contributed by atoms with Crippen molar-refractivity contribution < 1.29 is 5.21 Å². The van der Waals surface area contributed by atoms with Gasteiger partial charge >= 0.3 is 0 Å². The van der Waals surface area contributed by atoms with Gasteiger partial charge in [0.1, 0.15) is 5.84 Å². The van der Waals surface area contributed by atoms with E-state index in [9.17, 15) is 0 Å². The number of hydrogen-bond donors (Lipinski definition) is 2. The fourth-order valence-electron chi connectivity index (χ4n) is 1.71. The Morgan fingerprint density at radius 2 is 1.94 bits per heavy atom. The third kappa shape index (κ3) is 3.87. The second-order valence-electron chi connectivity index (χ2n) is 4.58. The highest BCUT2D eigenvalue weighted by molar-refractivity contribution is 5.80. The minimum absolute atomic E-state index is 0.213. The minimum atomic E-state index is 0.213. The third-order valence-electron chi connectivity index (χ3n) is 2.59. The van der Waals surface area contributed by atoms with Gasteiger partial charge in [-0.3, -0.25) is 0 Å². The molecule has 0 radical (unpaired) electrons. The summed E-state index contributed by atoms with van der Waals surface area (Å²) in [6, 6.07) is 2.18. The van der Waals surface area contributed by atoms with Crippen molar-refractivity contribution in [3.63, 3.8) is 0 Å². The van der Waals surface area contributed by atoms with Gasteiger partial charge in [0, 0.05) is 30.4 Å². The van der Waals surface area contributed by atoms with Gasteiger partial charge in [0.05, 0.1) is 0 Å². The molecule has 0 aliphatic rings. The van der Waals surface area contributed by atoms with Crippen molar-refractivity contribution >= 4 is 11.8 Å². The van der Waals surface area contributed by atoms with Crippen molar-refractivity contribution in [1.82, 2.24) is 9.97 Å².